The number of aromatic nitrogens is 2. The van der Waals surface area contributed by atoms with Gasteiger partial charge >= 0.3 is 6.03 Å². The standard InChI is InChI=1S/C20H24ClN5O2/c1-2-18-17(12-23-26(18)15-6-3-5-14(21)11-15)19(27)24-9-4-7-16(13-24)25-10-8-22-20(25)28/h3,5-6,11-12,16H,2,4,7-10,13H2,1H3,(H,22,28). The van der Waals surface area contributed by atoms with Crippen molar-refractivity contribution in [1.82, 2.24) is 24.9 Å². The van der Waals surface area contributed by atoms with Crippen molar-refractivity contribution < 1.29 is 9.59 Å². The van der Waals surface area contributed by atoms with Crippen LogP contribution in [0.1, 0.15) is 35.8 Å². The second-order valence-corrected chi connectivity index (χ2v) is 7.66. The summed E-state index contributed by atoms with van der Waals surface area (Å²) in [4.78, 5) is 29.0. The molecule has 0 bridgehead atoms. The van der Waals surface area contributed by atoms with Gasteiger partial charge in [0, 0.05) is 31.2 Å². The molecule has 2 aliphatic rings. The molecule has 8 heteroatoms. The van der Waals surface area contributed by atoms with Gasteiger partial charge in [-0.15, -0.1) is 0 Å². The summed E-state index contributed by atoms with van der Waals surface area (Å²) in [6.45, 7) is 4.67. The third-order valence-electron chi connectivity index (χ3n) is 5.50. The summed E-state index contributed by atoms with van der Waals surface area (Å²) in [5, 5.41) is 7.94. The third-order valence-corrected chi connectivity index (χ3v) is 5.74. The lowest BCUT2D eigenvalue weighted by Gasteiger charge is -2.37. The van der Waals surface area contributed by atoms with Gasteiger partial charge in [0.05, 0.1) is 29.2 Å². The monoisotopic (exact) mass is 401 g/mol. The zero-order valence-corrected chi connectivity index (χ0v) is 16.7. The number of carbonyl (C=O) groups is 2. The molecule has 3 heterocycles. The molecule has 28 heavy (non-hydrogen) atoms. The van der Waals surface area contributed by atoms with Gasteiger partial charge in [-0.05, 0) is 37.5 Å². The average Bonchev–Trinajstić information content (AvgIpc) is 3.33. The number of hydrogen-bond acceptors (Lipinski definition) is 3. The number of halogens is 1. The van der Waals surface area contributed by atoms with Crippen LogP contribution >= 0.6 is 11.6 Å². The predicted octanol–water partition coefficient (Wildman–Crippen LogP) is 2.72. The van der Waals surface area contributed by atoms with Crippen molar-refractivity contribution in [2.75, 3.05) is 26.2 Å². The van der Waals surface area contributed by atoms with E-state index in [0.717, 1.165) is 24.2 Å². The number of nitrogens with zero attached hydrogens (tertiary/aromatic N) is 4. The molecule has 1 atom stereocenters. The van der Waals surface area contributed by atoms with Crippen molar-refractivity contribution >= 4 is 23.5 Å². The fourth-order valence-electron chi connectivity index (χ4n) is 4.12. The second kappa shape index (κ2) is 7.83. The van der Waals surface area contributed by atoms with Crippen LogP contribution in [0.2, 0.25) is 5.02 Å². The van der Waals surface area contributed by atoms with E-state index < -0.39 is 0 Å². The lowest BCUT2D eigenvalue weighted by Crippen LogP contribution is -2.50. The zero-order valence-electron chi connectivity index (χ0n) is 15.9. The van der Waals surface area contributed by atoms with Gasteiger partial charge in [-0.25, -0.2) is 9.48 Å². The van der Waals surface area contributed by atoms with E-state index in [4.69, 9.17) is 11.6 Å². The molecule has 2 saturated heterocycles. The van der Waals surface area contributed by atoms with Crippen LogP contribution in [0.5, 0.6) is 0 Å². The molecule has 1 N–H and O–H groups in total. The van der Waals surface area contributed by atoms with Crippen molar-refractivity contribution in [3.8, 4) is 5.69 Å². The van der Waals surface area contributed by atoms with Crippen molar-refractivity contribution in [2.24, 2.45) is 0 Å². The van der Waals surface area contributed by atoms with Crippen LogP contribution in [0.4, 0.5) is 4.79 Å². The van der Waals surface area contributed by atoms with E-state index in [1.807, 2.05) is 41.0 Å². The van der Waals surface area contributed by atoms with Crippen molar-refractivity contribution in [3.05, 3.63) is 46.7 Å². The first-order valence-electron chi connectivity index (χ1n) is 9.75. The normalized spacial score (nSPS) is 19.8. The smallest absolute Gasteiger partial charge is 0.317 e. The molecule has 1 aromatic carbocycles. The molecule has 2 aliphatic heterocycles. The zero-order chi connectivity index (χ0) is 19.7. The Bertz CT molecular complexity index is 896. The molecule has 0 aliphatic carbocycles. The fourth-order valence-corrected chi connectivity index (χ4v) is 4.31. The van der Waals surface area contributed by atoms with Gasteiger partial charge in [0.2, 0.25) is 0 Å². The maximum atomic E-state index is 13.3. The van der Waals surface area contributed by atoms with Crippen LogP contribution in [0.15, 0.2) is 30.5 Å². The van der Waals surface area contributed by atoms with Gasteiger partial charge in [-0.1, -0.05) is 24.6 Å². The van der Waals surface area contributed by atoms with Gasteiger partial charge in [0.1, 0.15) is 0 Å². The van der Waals surface area contributed by atoms with E-state index in [0.29, 0.717) is 43.2 Å². The summed E-state index contributed by atoms with van der Waals surface area (Å²) in [5.74, 6) is -0.0190. The van der Waals surface area contributed by atoms with E-state index >= 15 is 0 Å². The number of hydrogen-bond donors (Lipinski definition) is 1. The Morgan fingerprint density at radius 2 is 2.21 bits per heavy atom. The molecular weight excluding hydrogens is 378 g/mol. The summed E-state index contributed by atoms with van der Waals surface area (Å²) in [6.07, 6.45) is 4.15. The average molecular weight is 402 g/mol. The fraction of sp³-hybridized carbons (Fsp3) is 0.450. The SMILES string of the molecule is CCc1c(C(=O)N2CCCC(N3CCNC3=O)C2)cnn1-c1cccc(Cl)c1. The minimum Gasteiger partial charge on any atom is -0.336 e. The van der Waals surface area contributed by atoms with Crippen LogP contribution in [0.25, 0.3) is 5.69 Å². The number of benzene rings is 1. The molecule has 7 nitrogen and oxygen atoms in total. The van der Waals surface area contributed by atoms with Crippen molar-refractivity contribution in [1.29, 1.82) is 0 Å². The first kappa shape index (κ1) is 18.8. The Balaban J connectivity index is 1.57. The number of likely N-dealkylation sites (tertiary alicyclic amines) is 1. The minimum atomic E-state index is -0.0256. The summed E-state index contributed by atoms with van der Waals surface area (Å²) in [5.41, 5.74) is 2.33. The van der Waals surface area contributed by atoms with Crippen LogP contribution in [-0.4, -0.2) is 63.7 Å². The number of rotatable bonds is 4. The summed E-state index contributed by atoms with van der Waals surface area (Å²) in [6, 6.07) is 7.50. The molecule has 1 unspecified atom stereocenters. The number of carbonyl (C=O) groups excluding carboxylic acids is 2. The van der Waals surface area contributed by atoms with E-state index in [-0.39, 0.29) is 18.0 Å². The van der Waals surface area contributed by atoms with Gasteiger partial charge in [0.25, 0.3) is 5.91 Å². The van der Waals surface area contributed by atoms with Crippen LogP contribution < -0.4 is 5.32 Å². The van der Waals surface area contributed by atoms with Crippen LogP contribution in [-0.2, 0) is 6.42 Å². The van der Waals surface area contributed by atoms with Gasteiger partial charge < -0.3 is 15.1 Å². The molecule has 0 saturated carbocycles. The molecule has 1 aromatic heterocycles. The number of piperidine rings is 1. The summed E-state index contributed by atoms with van der Waals surface area (Å²) >= 11 is 6.12. The third kappa shape index (κ3) is 3.46. The van der Waals surface area contributed by atoms with E-state index in [1.54, 1.807) is 10.9 Å². The topological polar surface area (TPSA) is 70.5 Å². The second-order valence-electron chi connectivity index (χ2n) is 7.22. The molecule has 4 rings (SSSR count). The van der Waals surface area contributed by atoms with E-state index in [9.17, 15) is 9.59 Å². The highest BCUT2D eigenvalue weighted by Gasteiger charge is 2.34. The van der Waals surface area contributed by atoms with Crippen LogP contribution in [0.3, 0.4) is 0 Å². The molecule has 0 radical (unpaired) electrons. The lowest BCUT2D eigenvalue weighted by atomic mass is 10.0. The molecular formula is C20H24ClN5O2. The Hall–Kier alpha value is -2.54. The van der Waals surface area contributed by atoms with E-state index in [1.165, 1.54) is 0 Å². The Morgan fingerprint density at radius 1 is 1.36 bits per heavy atom. The Morgan fingerprint density at radius 3 is 2.93 bits per heavy atom. The Labute approximate surface area is 169 Å². The maximum absolute atomic E-state index is 13.3. The number of nitrogens with one attached hydrogen (secondary N) is 1. The summed E-state index contributed by atoms with van der Waals surface area (Å²) in [7, 11) is 0. The highest BCUT2D eigenvalue weighted by molar-refractivity contribution is 6.30. The lowest BCUT2D eigenvalue weighted by molar-refractivity contribution is 0.0633. The summed E-state index contributed by atoms with van der Waals surface area (Å²) < 4.78 is 1.79. The van der Waals surface area contributed by atoms with Crippen molar-refractivity contribution in [3.63, 3.8) is 0 Å². The Kier molecular flexibility index (Phi) is 5.26. The molecule has 2 fully saturated rings. The predicted molar refractivity (Wildman–Crippen MR) is 107 cm³/mol. The molecule has 2 aromatic rings. The quantitative estimate of drug-likeness (QED) is 0.856. The van der Waals surface area contributed by atoms with E-state index in [2.05, 4.69) is 10.4 Å². The van der Waals surface area contributed by atoms with Crippen molar-refractivity contribution in [2.45, 2.75) is 32.2 Å². The molecule has 148 valence electrons. The maximum Gasteiger partial charge on any atom is 0.317 e. The van der Waals surface area contributed by atoms with Crippen LogP contribution in [0, 0.1) is 0 Å². The first-order valence-corrected chi connectivity index (χ1v) is 10.1. The largest absolute Gasteiger partial charge is 0.336 e. The highest BCUT2D eigenvalue weighted by atomic mass is 35.5. The molecule has 3 amide bonds. The molecule has 0 spiro atoms. The highest BCUT2D eigenvalue weighted by Crippen LogP contribution is 2.23. The van der Waals surface area contributed by atoms with Gasteiger partial charge in [-0.2, -0.15) is 5.10 Å². The number of amides is 3. The number of urea groups is 1. The van der Waals surface area contributed by atoms with Gasteiger partial charge in [-0.3, -0.25) is 4.79 Å². The first-order chi connectivity index (χ1) is 13.6. The minimum absolute atomic E-state index is 0.0190. The van der Waals surface area contributed by atoms with Gasteiger partial charge in [0.15, 0.2) is 0 Å².